The van der Waals surface area contributed by atoms with Crippen molar-refractivity contribution in [1.29, 1.82) is 0 Å². The highest BCUT2D eigenvalue weighted by Crippen LogP contribution is 2.27. The Labute approximate surface area is 180 Å². The van der Waals surface area contributed by atoms with Crippen LogP contribution in [0.1, 0.15) is 46.0 Å². The number of pyridine rings is 1. The topological polar surface area (TPSA) is 80.2 Å². The fourth-order valence-electron chi connectivity index (χ4n) is 4.19. The maximum Gasteiger partial charge on any atom is 0.268 e. The van der Waals surface area contributed by atoms with Gasteiger partial charge in [-0.1, -0.05) is 12.1 Å². The van der Waals surface area contributed by atoms with Crippen LogP contribution in [0.2, 0.25) is 0 Å². The van der Waals surface area contributed by atoms with Gasteiger partial charge in [0.05, 0.1) is 5.69 Å². The van der Waals surface area contributed by atoms with Crippen LogP contribution in [0.15, 0.2) is 53.5 Å². The van der Waals surface area contributed by atoms with Crippen molar-refractivity contribution in [1.82, 2.24) is 4.57 Å². The molecule has 1 aliphatic carbocycles. The normalized spacial score (nSPS) is 12.4. The number of anilines is 2. The van der Waals surface area contributed by atoms with Crippen LogP contribution in [0.25, 0.3) is 5.69 Å². The van der Waals surface area contributed by atoms with Gasteiger partial charge in [-0.15, -0.1) is 0 Å². The van der Waals surface area contributed by atoms with Crippen LogP contribution in [0.5, 0.6) is 0 Å². The standard InChI is InChI=1S/C25H25N3O3/c1-15-12-13-28(22-9-5-7-18-6-4-8-20(18)22)25(31)23(15)24(30)27-21-11-10-19(14-16(21)2)26-17(3)29/h5,7,9-14H,4,6,8H2,1-3H3,(H,26,29)(H,27,30). The molecule has 1 aliphatic rings. The zero-order valence-corrected chi connectivity index (χ0v) is 17.9. The van der Waals surface area contributed by atoms with Crippen molar-refractivity contribution in [3.63, 3.8) is 0 Å². The molecule has 0 atom stereocenters. The molecule has 0 fully saturated rings. The molecule has 1 aromatic heterocycles. The molecule has 2 amide bonds. The summed E-state index contributed by atoms with van der Waals surface area (Å²) in [5.41, 5.74) is 5.76. The van der Waals surface area contributed by atoms with E-state index in [1.54, 1.807) is 42.0 Å². The van der Waals surface area contributed by atoms with Crippen LogP contribution >= 0.6 is 0 Å². The van der Waals surface area contributed by atoms with Crippen LogP contribution in [0.3, 0.4) is 0 Å². The number of amides is 2. The molecule has 0 saturated heterocycles. The Morgan fingerprint density at radius 2 is 1.77 bits per heavy atom. The van der Waals surface area contributed by atoms with E-state index in [9.17, 15) is 14.4 Å². The highest BCUT2D eigenvalue weighted by molar-refractivity contribution is 6.05. The van der Waals surface area contributed by atoms with Gasteiger partial charge in [-0.25, -0.2) is 0 Å². The van der Waals surface area contributed by atoms with Crippen molar-refractivity contribution < 1.29 is 9.59 Å². The lowest BCUT2D eigenvalue weighted by Crippen LogP contribution is -2.30. The second-order valence-corrected chi connectivity index (χ2v) is 7.98. The van der Waals surface area contributed by atoms with E-state index in [2.05, 4.69) is 16.7 Å². The van der Waals surface area contributed by atoms with Gasteiger partial charge in [-0.3, -0.25) is 19.0 Å². The lowest BCUT2D eigenvalue weighted by Gasteiger charge is -2.15. The lowest BCUT2D eigenvalue weighted by molar-refractivity contribution is -0.114. The Kier molecular flexibility index (Phi) is 5.46. The number of rotatable bonds is 4. The van der Waals surface area contributed by atoms with E-state index in [1.165, 1.54) is 18.1 Å². The summed E-state index contributed by atoms with van der Waals surface area (Å²) in [6.07, 6.45) is 4.78. The molecule has 158 valence electrons. The van der Waals surface area contributed by atoms with E-state index in [0.29, 0.717) is 16.9 Å². The molecule has 0 unspecified atom stereocenters. The van der Waals surface area contributed by atoms with Crippen LogP contribution in [0.4, 0.5) is 11.4 Å². The number of hydrogen-bond acceptors (Lipinski definition) is 3. The summed E-state index contributed by atoms with van der Waals surface area (Å²) in [6.45, 7) is 5.05. The monoisotopic (exact) mass is 415 g/mol. The van der Waals surface area contributed by atoms with Gasteiger partial charge >= 0.3 is 0 Å². The summed E-state index contributed by atoms with van der Waals surface area (Å²) >= 11 is 0. The highest BCUT2D eigenvalue weighted by atomic mass is 16.2. The van der Waals surface area contributed by atoms with E-state index >= 15 is 0 Å². The number of fused-ring (bicyclic) bond motifs is 1. The highest BCUT2D eigenvalue weighted by Gasteiger charge is 2.21. The average Bonchev–Trinajstić information content (AvgIpc) is 3.19. The van der Waals surface area contributed by atoms with E-state index < -0.39 is 5.91 Å². The molecule has 0 spiro atoms. The number of carbonyl (C=O) groups excluding carboxylic acids is 2. The minimum absolute atomic E-state index is 0.128. The first kappa shape index (κ1) is 20.6. The summed E-state index contributed by atoms with van der Waals surface area (Å²) in [5.74, 6) is -0.608. The Morgan fingerprint density at radius 1 is 0.968 bits per heavy atom. The average molecular weight is 415 g/mol. The molecule has 6 heteroatoms. The van der Waals surface area contributed by atoms with Crippen LogP contribution in [-0.2, 0) is 17.6 Å². The Hall–Kier alpha value is -3.67. The summed E-state index contributed by atoms with van der Waals surface area (Å²) in [7, 11) is 0. The molecular formula is C25H25N3O3. The van der Waals surface area contributed by atoms with Crippen LogP contribution in [-0.4, -0.2) is 16.4 Å². The largest absolute Gasteiger partial charge is 0.326 e. The SMILES string of the molecule is CC(=O)Nc1ccc(NC(=O)c2c(C)ccn(-c3cccc4c3CCC4)c2=O)c(C)c1. The second-order valence-electron chi connectivity index (χ2n) is 7.98. The van der Waals surface area contributed by atoms with Gasteiger partial charge in [0.25, 0.3) is 11.5 Å². The smallest absolute Gasteiger partial charge is 0.268 e. The molecule has 0 aliphatic heterocycles. The van der Waals surface area contributed by atoms with E-state index in [-0.39, 0.29) is 17.0 Å². The third-order valence-corrected chi connectivity index (χ3v) is 5.70. The first-order chi connectivity index (χ1) is 14.8. The van der Waals surface area contributed by atoms with Gasteiger partial charge < -0.3 is 10.6 Å². The van der Waals surface area contributed by atoms with E-state index in [1.807, 2.05) is 19.1 Å². The summed E-state index contributed by atoms with van der Waals surface area (Å²) < 4.78 is 1.58. The van der Waals surface area contributed by atoms with Gasteiger partial charge in [0.15, 0.2) is 0 Å². The number of carbonyl (C=O) groups is 2. The minimum atomic E-state index is -0.445. The fraction of sp³-hybridized carbons (Fsp3) is 0.240. The van der Waals surface area contributed by atoms with Crippen molar-refractivity contribution in [2.45, 2.75) is 40.0 Å². The molecule has 6 nitrogen and oxygen atoms in total. The Morgan fingerprint density at radius 3 is 2.52 bits per heavy atom. The second kappa shape index (κ2) is 8.22. The molecule has 0 radical (unpaired) electrons. The number of aryl methyl sites for hydroxylation is 3. The first-order valence-corrected chi connectivity index (χ1v) is 10.4. The summed E-state index contributed by atoms with van der Waals surface area (Å²) in [6, 6.07) is 13.0. The molecule has 3 aromatic rings. The molecule has 31 heavy (non-hydrogen) atoms. The van der Waals surface area contributed by atoms with Crippen molar-refractivity contribution in [3.8, 4) is 5.69 Å². The summed E-state index contributed by atoms with van der Waals surface area (Å²) in [5, 5.41) is 5.57. The Bertz CT molecular complexity index is 1260. The maximum atomic E-state index is 13.3. The molecule has 0 saturated carbocycles. The molecule has 2 aromatic carbocycles. The van der Waals surface area contributed by atoms with Crippen molar-refractivity contribution in [2.75, 3.05) is 10.6 Å². The fourth-order valence-corrected chi connectivity index (χ4v) is 4.19. The van der Waals surface area contributed by atoms with E-state index in [4.69, 9.17) is 0 Å². The van der Waals surface area contributed by atoms with Crippen LogP contribution < -0.4 is 16.2 Å². The van der Waals surface area contributed by atoms with Gasteiger partial charge in [-0.2, -0.15) is 0 Å². The van der Waals surface area contributed by atoms with Gasteiger partial charge in [-0.05, 0) is 85.7 Å². The summed E-state index contributed by atoms with van der Waals surface area (Å²) in [4.78, 5) is 37.7. The Balaban J connectivity index is 1.69. The zero-order chi connectivity index (χ0) is 22.1. The maximum absolute atomic E-state index is 13.3. The quantitative estimate of drug-likeness (QED) is 0.672. The van der Waals surface area contributed by atoms with Crippen molar-refractivity contribution in [2.24, 2.45) is 0 Å². The van der Waals surface area contributed by atoms with Gasteiger partial charge in [0.1, 0.15) is 5.56 Å². The van der Waals surface area contributed by atoms with Crippen LogP contribution in [0, 0.1) is 13.8 Å². The number of hydrogen-bond donors (Lipinski definition) is 2. The van der Waals surface area contributed by atoms with Gasteiger partial charge in [0.2, 0.25) is 5.91 Å². The number of nitrogens with zero attached hydrogens (tertiary/aromatic N) is 1. The molecular weight excluding hydrogens is 390 g/mol. The van der Waals surface area contributed by atoms with Crippen molar-refractivity contribution >= 4 is 23.2 Å². The van der Waals surface area contributed by atoms with Crippen molar-refractivity contribution in [3.05, 3.63) is 86.8 Å². The number of nitrogens with one attached hydrogen (secondary N) is 2. The number of benzene rings is 2. The molecule has 2 N–H and O–H groups in total. The third kappa shape index (κ3) is 4.01. The van der Waals surface area contributed by atoms with E-state index in [0.717, 1.165) is 30.5 Å². The molecule has 4 rings (SSSR count). The third-order valence-electron chi connectivity index (χ3n) is 5.70. The zero-order valence-electron chi connectivity index (χ0n) is 17.9. The molecule has 0 bridgehead atoms. The minimum Gasteiger partial charge on any atom is -0.326 e. The predicted octanol–water partition coefficient (Wildman–Crippen LogP) is 4.15. The first-order valence-electron chi connectivity index (χ1n) is 10.4. The number of aromatic nitrogens is 1. The molecule has 1 heterocycles. The lowest BCUT2D eigenvalue weighted by atomic mass is 10.1. The predicted molar refractivity (Wildman–Crippen MR) is 122 cm³/mol. The van der Waals surface area contributed by atoms with Gasteiger partial charge in [0, 0.05) is 24.5 Å².